The molecule has 3 heterocycles. The molecule has 3 aliphatic heterocycles. The summed E-state index contributed by atoms with van der Waals surface area (Å²) in [5.74, 6) is 0.735. The minimum Gasteiger partial charge on any atom is -0.387 e. The Hall–Kier alpha value is -0.160. The minimum atomic E-state index is -0.496. The van der Waals surface area contributed by atoms with Crippen LogP contribution in [0.1, 0.15) is 44.9 Å². The Labute approximate surface area is 122 Å². The van der Waals surface area contributed by atoms with Gasteiger partial charge in [-0.3, -0.25) is 4.90 Å². The Balaban J connectivity index is 1.49. The molecular weight excluding hydrogens is 252 g/mol. The van der Waals surface area contributed by atoms with Gasteiger partial charge in [-0.25, -0.2) is 0 Å². The zero-order valence-electron chi connectivity index (χ0n) is 12.6. The summed E-state index contributed by atoms with van der Waals surface area (Å²) in [7, 11) is 0. The van der Waals surface area contributed by atoms with E-state index in [2.05, 4.69) is 10.2 Å². The first-order valence-corrected chi connectivity index (χ1v) is 8.53. The van der Waals surface area contributed by atoms with E-state index in [-0.39, 0.29) is 0 Å². The second kappa shape index (κ2) is 6.73. The summed E-state index contributed by atoms with van der Waals surface area (Å²) < 4.78 is 5.40. The van der Waals surface area contributed by atoms with Gasteiger partial charge < -0.3 is 15.2 Å². The van der Waals surface area contributed by atoms with Gasteiger partial charge in [0.15, 0.2) is 0 Å². The first-order chi connectivity index (χ1) is 9.78. The molecule has 0 amide bonds. The van der Waals surface area contributed by atoms with E-state index in [1.807, 2.05) is 0 Å². The highest BCUT2D eigenvalue weighted by Gasteiger charge is 2.43. The molecule has 3 rings (SSSR count). The quantitative estimate of drug-likeness (QED) is 0.818. The molecule has 4 nitrogen and oxygen atoms in total. The van der Waals surface area contributed by atoms with Gasteiger partial charge >= 0.3 is 0 Å². The lowest BCUT2D eigenvalue weighted by atomic mass is 9.79. The fourth-order valence-corrected chi connectivity index (χ4v) is 4.27. The lowest BCUT2D eigenvalue weighted by molar-refractivity contribution is -0.0923. The molecule has 20 heavy (non-hydrogen) atoms. The maximum atomic E-state index is 11.1. The molecule has 0 saturated carbocycles. The molecule has 0 aliphatic carbocycles. The largest absolute Gasteiger partial charge is 0.387 e. The van der Waals surface area contributed by atoms with Crippen LogP contribution in [0.4, 0.5) is 0 Å². The van der Waals surface area contributed by atoms with Gasteiger partial charge in [-0.2, -0.15) is 0 Å². The topological polar surface area (TPSA) is 44.7 Å². The van der Waals surface area contributed by atoms with Crippen LogP contribution in [-0.4, -0.2) is 61.0 Å². The summed E-state index contributed by atoms with van der Waals surface area (Å²) >= 11 is 0. The van der Waals surface area contributed by atoms with Gasteiger partial charge in [0.1, 0.15) is 0 Å². The van der Waals surface area contributed by atoms with Crippen molar-refractivity contribution in [2.24, 2.45) is 5.92 Å². The number of ether oxygens (including phenoxy) is 1. The Morgan fingerprint density at radius 2 is 1.90 bits per heavy atom. The molecule has 0 spiro atoms. The minimum absolute atomic E-state index is 0.396. The molecule has 3 aliphatic rings. The van der Waals surface area contributed by atoms with Crippen LogP contribution in [0, 0.1) is 5.92 Å². The van der Waals surface area contributed by atoms with Crippen molar-refractivity contribution >= 4 is 0 Å². The predicted molar refractivity (Wildman–Crippen MR) is 79.8 cm³/mol. The van der Waals surface area contributed by atoms with Gasteiger partial charge in [-0.05, 0) is 64.1 Å². The third kappa shape index (κ3) is 3.35. The molecular formula is C16H30N2O2. The molecule has 0 radical (unpaired) electrons. The van der Waals surface area contributed by atoms with Crippen molar-refractivity contribution in [1.82, 2.24) is 10.2 Å². The maximum absolute atomic E-state index is 11.1. The molecule has 0 unspecified atom stereocenters. The highest BCUT2D eigenvalue weighted by Crippen LogP contribution is 2.33. The van der Waals surface area contributed by atoms with Gasteiger partial charge in [0.25, 0.3) is 0 Å². The zero-order chi connectivity index (χ0) is 13.8. The Bertz CT molecular complexity index is 305. The molecule has 0 aromatic heterocycles. The fraction of sp³-hybridized carbons (Fsp3) is 1.00. The Morgan fingerprint density at radius 1 is 1.10 bits per heavy atom. The third-order valence-corrected chi connectivity index (χ3v) is 5.49. The number of hydrogen-bond donors (Lipinski definition) is 2. The van der Waals surface area contributed by atoms with E-state index in [9.17, 15) is 5.11 Å². The van der Waals surface area contributed by atoms with Crippen molar-refractivity contribution in [2.45, 2.75) is 56.6 Å². The van der Waals surface area contributed by atoms with Crippen LogP contribution >= 0.6 is 0 Å². The highest BCUT2D eigenvalue weighted by molar-refractivity contribution is 4.99. The maximum Gasteiger partial charge on any atom is 0.0926 e. The van der Waals surface area contributed by atoms with Crippen LogP contribution in [-0.2, 0) is 4.74 Å². The molecule has 2 atom stereocenters. The van der Waals surface area contributed by atoms with Gasteiger partial charge in [-0.1, -0.05) is 6.42 Å². The van der Waals surface area contributed by atoms with E-state index in [0.29, 0.717) is 6.04 Å². The second-order valence-electron chi connectivity index (χ2n) is 6.94. The zero-order valence-corrected chi connectivity index (χ0v) is 12.6. The number of rotatable bonds is 4. The van der Waals surface area contributed by atoms with Gasteiger partial charge in [0.2, 0.25) is 0 Å². The third-order valence-electron chi connectivity index (χ3n) is 5.49. The highest BCUT2D eigenvalue weighted by atomic mass is 16.5. The van der Waals surface area contributed by atoms with Crippen molar-refractivity contribution in [3.05, 3.63) is 0 Å². The van der Waals surface area contributed by atoms with Crippen molar-refractivity contribution in [2.75, 3.05) is 39.4 Å². The molecule has 4 heteroatoms. The van der Waals surface area contributed by atoms with Crippen LogP contribution in [0.2, 0.25) is 0 Å². The first-order valence-electron chi connectivity index (χ1n) is 8.53. The SMILES string of the molecule is O[C@@]1(CNCC2CCOCC2)CCCN2CCCC[C@@H]21. The van der Waals surface area contributed by atoms with E-state index < -0.39 is 5.60 Å². The van der Waals surface area contributed by atoms with Gasteiger partial charge in [0, 0.05) is 25.8 Å². The van der Waals surface area contributed by atoms with Crippen molar-refractivity contribution in [3.63, 3.8) is 0 Å². The monoisotopic (exact) mass is 282 g/mol. The molecule has 0 aromatic carbocycles. The van der Waals surface area contributed by atoms with Crippen LogP contribution in [0.3, 0.4) is 0 Å². The van der Waals surface area contributed by atoms with Crippen LogP contribution in [0.5, 0.6) is 0 Å². The fourth-order valence-electron chi connectivity index (χ4n) is 4.27. The van der Waals surface area contributed by atoms with Crippen LogP contribution < -0.4 is 5.32 Å². The number of nitrogens with zero attached hydrogens (tertiary/aromatic N) is 1. The normalized spacial score (nSPS) is 36.8. The summed E-state index contributed by atoms with van der Waals surface area (Å²) in [6.45, 7) is 6.00. The summed E-state index contributed by atoms with van der Waals surface area (Å²) in [5, 5.41) is 14.6. The molecule has 0 bridgehead atoms. The number of piperidine rings is 2. The van der Waals surface area contributed by atoms with E-state index in [1.54, 1.807) is 0 Å². The lowest BCUT2D eigenvalue weighted by Crippen LogP contribution is -2.62. The van der Waals surface area contributed by atoms with Crippen LogP contribution in [0.25, 0.3) is 0 Å². The summed E-state index contributed by atoms with van der Waals surface area (Å²) in [6, 6.07) is 0.396. The van der Waals surface area contributed by atoms with Crippen molar-refractivity contribution in [3.8, 4) is 0 Å². The first kappa shape index (κ1) is 14.8. The van der Waals surface area contributed by atoms with E-state index in [1.165, 1.54) is 45.2 Å². The predicted octanol–water partition coefficient (Wildman–Crippen LogP) is 1.38. The number of fused-ring (bicyclic) bond motifs is 1. The van der Waals surface area contributed by atoms with Gasteiger partial charge in [0.05, 0.1) is 5.60 Å². The summed E-state index contributed by atoms with van der Waals surface area (Å²) in [6.07, 6.45) is 8.21. The Kier molecular flexibility index (Phi) is 4.97. The van der Waals surface area contributed by atoms with Crippen LogP contribution in [0.15, 0.2) is 0 Å². The van der Waals surface area contributed by atoms with Crippen molar-refractivity contribution in [1.29, 1.82) is 0 Å². The van der Waals surface area contributed by atoms with E-state index in [0.717, 1.165) is 45.1 Å². The average molecular weight is 282 g/mol. The number of aliphatic hydroxyl groups is 1. The smallest absolute Gasteiger partial charge is 0.0926 e. The van der Waals surface area contributed by atoms with E-state index in [4.69, 9.17) is 4.74 Å². The molecule has 3 fully saturated rings. The Morgan fingerprint density at radius 3 is 2.75 bits per heavy atom. The van der Waals surface area contributed by atoms with Gasteiger partial charge in [-0.15, -0.1) is 0 Å². The molecule has 2 N–H and O–H groups in total. The van der Waals surface area contributed by atoms with Crippen molar-refractivity contribution < 1.29 is 9.84 Å². The lowest BCUT2D eigenvalue weighted by Gasteiger charge is -2.49. The van der Waals surface area contributed by atoms with E-state index >= 15 is 0 Å². The number of hydrogen-bond acceptors (Lipinski definition) is 4. The standard InChI is InChI=1S/C16H30N2O2/c19-16(13-17-12-14-5-10-20-11-6-14)7-3-9-18-8-2-1-4-15(16)18/h14-15,17,19H,1-13H2/t15-,16-/m1/s1. The number of nitrogens with one attached hydrogen (secondary N) is 1. The second-order valence-corrected chi connectivity index (χ2v) is 6.94. The molecule has 0 aromatic rings. The summed E-state index contributed by atoms with van der Waals surface area (Å²) in [4.78, 5) is 2.53. The molecule has 3 saturated heterocycles. The average Bonchev–Trinajstić information content (AvgIpc) is 2.49. The summed E-state index contributed by atoms with van der Waals surface area (Å²) in [5.41, 5.74) is -0.496. The molecule has 116 valence electrons.